The van der Waals surface area contributed by atoms with Crippen LogP contribution in [0, 0.1) is 13.8 Å². The van der Waals surface area contributed by atoms with Crippen LogP contribution in [0.15, 0.2) is 48.7 Å². The lowest BCUT2D eigenvalue weighted by atomic mass is 9.92. The number of nitrogens with one attached hydrogen (secondary N) is 1. The number of aliphatic carboxylic acids is 1. The van der Waals surface area contributed by atoms with Crippen molar-refractivity contribution in [1.82, 2.24) is 24.3 Å². The van der Waals surface area contributed by atoms with Crippen molar-refractivity contribution in [2.75, 3.05) is 25.0 Å². The minimum absolute atomic E-state index is 0.279. The topological polar surface area (TPSA) is 124 Å². The Morgan fingerprint density at radius 2 is 1.81 bits per heavy atom. The van der Waals surface area contributed by atoms with Crippen LogP contribution < -0.4 is 5.32 Å². The third-order valence-electron chi connectivity index (χ3n) is 11.1. The highest BCUT2D eigenvalue weighted by Crippen LogP contribution is 2.43. The molecule has 1 saturated heterocycles. The van der Waals surface area contributed by atoms with E-state index in [4.69, 9.17) is 4.98 Å². The van der Waals surface area contributed by atoms with Gasteiger partial charge in [-0.1, -0.05) is 36.8 Å². The van der Waals surface area contributed by atoms with E-state index in [1.54, 1.807) is 13.1 Å². The van der Waals surface area contributed by atoms with Crippen LogP contribution in [0.2, 0.25) is 0 Å². The van der Waals surface area contributed by atoms with Crippen molar-refractivity contribution in [3.63, 3.8) is 0 Å². The van der Waals surface area contributed by atoms with Crippen LogP contribution in [-0.4, -0.2) is 78.2 Å². The first-order chi connectivity index (χ1) is 25.5. The van der Waals surface area contributed by atoms with E-state index in [0.29, 0.717) is 43.5 Å². The van der Waals surface area contributed by atoms with Gasteiger partial charge in [0.1, 0.15) is 11.9 Å². The predicted octanol–water partition coefficient (Wildman–Crippen LogP) is 6.87. The van der Waals surface area contributed by atoms with Crippen LogP contribution in [0.5, 0.6) is 0 Å². The van der Waals surface area contributed by atoms with Crippen LogP contribution in [0.3, 0.4) is 0 Å². The van der Waals surface area contributed by atoms with Gasteiger partial charge in [0.2, 0.25) is 0 Å². The van der Waals surface area contributed by atoms with E-state index in [1.165, 1.54) is 6.08 Å². The Bertz CT molecular complexity index is 2070. The predicted molar refractivity (Wildman–Crippen MR) is 204 cm³/mol. The van der Waals surface area contributed by atoms with Gasteiger partial charge in [-0.2, -0.15) is 0 Å². The van der Waals surface area contributed by atoms with Gasteiger partial charge in [0.25, 0.3) is 5.91 Å². The van der Waals surface area contributed by atoms with Crippen LogP contribution >= 0.6 is 0 Å². The Morgan fingerprint density at radius 1 is 1.06 bits per heavy atom. The van der Waals surface area contributed by atoms with Gasteiger partial charge in [-0.25, -0.2) is 9.37 Å². The number of fused-ring (bicyclic) bond motifs is 1. The Kier molecular flexibility index (Phi) is 10.6. The molecule has 0 spiro atoms. The van der Waals surface area contributed by atoms with Crippen molar-refractivity contribution in [3.05, 3.63) is 99.4 Å². The number of imidazole rings is 1. The number of aliphatic hydroxyl groups is 1. The fourth-order valence-corrected chi connectivity index (χ4v) is 8.08. The molecule has 4 heterocycles. The summed E-state index contributed by atoms with van der Waals surface area (Å²) in [6.07, 6.45) is 8.21. The number of likely N-dealkylation sites (tertiary alicyclic amines) is 1. The molecule has 11 heteroatoms. The fourth-order valence-electron chi connectivity index (χ4n) is 8.08. The second-order valence-corrected chi connectivity index (χ2v) is 15.0. The van der Waals surface area contributed by atoms with Crippen molar-refractivity contribution < 1.29 is 24.2 Å². The maximum absolute atomic E-state index is 16.0. The monoisotopic (exact) mass is 720 g/mol. The molecule has 4 aromatic rings. The number of rotatable bonds is 11. The summed E-state index contributed by atoms with van der Waals surface area (Å²) in [4.78, 5) is 38.9. The summed E-state index contributed by atoms with van der Waals surface area (Å²) in [5, 5.41) is 22.7. The molecule has 0 radical (unpaired) electrons. The van der Waals surface area contributed by atoms with Gasteiger partial charge in [0.05, 0.1) is 17.5 Å². The molecule has 2 aliphatic heterocycles. The molecule has 2 aromatic carbocycles. The lowest BCUT2D eigenvalue weighted by Crippen LogP contribution is -2.44. The second-order valence-electron chi connectivity index (χ2n) is 15.0. The van der Waals surface area contributed by atoms with Crippen LogP contribution in [0.25, 0.3) is 23.0 Å². The molecule has 10 nitrogen and oxygen atoms in total. The van der Waals surface area contributed by atoms with E-state index in [-0.39, 0.29) is 11.6 Å². The summed E-state index contributed by atoms with van der Waals surface area (Å²) in [7, 11) is 1.87. The summed E-state index contributed by atoms with van der Waals surface area (Å²) in [6, 6.07) is 13.0. The number of aliphatic hydroxyl groups excluding tert-OH is 1. The van der Waals surface area contributed by atoms with Gasteiger partial charge in [-0.15, -0.1) is 0 Å². The molecule has 1 saturated carbocycles. The van der Waals surface area contributed by atoms with E-state index in [1.807, 2.05) is 72.8 Å². The highest BCUT2D eigenvalue weighted by atomic mass is 19.1. The number of hydrogen-bond donors (Lipinski definition) is 3. The molecule has 3 aliphatic rings. The first-order valence-electron chi connectivity index (χ1n) is 18.8. The van der Waals surface area contributed by atoms with Crippen LogP contribution in [0.4, 0.5) is 10.1 Å². The highest BCUT2D eigenvalue weighted by Gasteiger charge is 2.32. The standard InChI is InChI=1S/C42H49FN6O4/c1-25(50)22-48-18-16-38-37(24-48)45-40(47(38)4)41(51)46-35-12-8-11-32(27(35)3)31-10-7-9-29(26(31)2)19-34(43)36-20-33(28-14-15-28)30(21-44-36)23-49-17-6-5-13-39(49)42(52)53/h7-12,19-21,25,28,39,50H,5-6,13-18,22-24H2,1-4H3,(H,46,51)(H,52,53)/b34-19-/t25-,39?/m1/s1. The highest BCUT2D eigenvalue weighted by molar-refractivity contribution is 6.03. The molecule has 7 rings (SSSR count). The average Bonchev–Trinajstić information content (AvgIpc) is 3.93. The first-order valence-corrected chi connectivity index (χ1v) is 18.8. The maximum atomic E-state index is 16.0. The van der Waals surface area contributed by atoms with Gasteiger partial charge in [0.15, 0.2) is 5.82 Å². The number of nitrogens with zero attached hydrogens (tertiary/aromatic N) is 5. The molecule has 2 atom stereocenters. The number of aromatic nitrogens is 3. The average molecular weight is 721 g/mol. The number of carboxylic acid groups (broad SMARTS) is 1. The van der Waals surface area contributed by atoms with Crippen molar-refractivity contribution >= 4 is 29.5 Å². The number of piperidine rings is 1. The number of carbonyl (C=O) groups is 2. The molecule has 2 aromatic heterocycles. The zero-order chi connectivity index (χ0) is 37.4. The van der Waals surface area contributed by atoms with Crippen LogP contribution in [-0.2, 0) is 31.4 Å². The summed E-state index contributed by atoms with van der Waals surface area (Å²) in [5.74, 6) is -0.807. The number of halogens is 1. The molecule has 3 N–H and O–H groups in total. The zero-order valence-corrected chi connectivity index (χ0v) is 31.0. The SMILES string of the molecule is Cc1c(/C=C(\F)c2cc(C3CC3)c(CN3CCCCC3C(=O)O)cn2)cccc1-c1cccc(NC(=O)c2nc3c(n2C)CCN(C[C@@H](C)O)C3)c1C. The quantitative estimate of drug-likeness (QED) is 0.153. The molecule has 1 aliphatic carbocycles. The maximum Gasteiger partial charge on any atom is 0.320 e. The molecule has 1 unspecified atom stereocenters. The fraction of sp³-hybridized carbons (Fsp3) is 0.429. The molecule has 0 bridgehead atoms. The van der Waals surface area contributed by atoms with E-state index >= 15 is 4.39 Å². The number of β-amino-alcohol motifs (C(OH)–C–C–N with tert-alkyl or cyclic N) is 1. The third-order valence-corrected chi connectivity index (χ3v) is 11.1. The Morgan fingerprint density at radius 3 is 2.55 bits per heavy atom. The molecular formula is C42H49FN6O4. The van der Waals surface area contributed by atoms with Crippen LogP contribution in [0.1, 0.15) is 100 Å². The number of hydrogen-bond acceptors (Lipinski definition) is 7. The minimum atomic E-state index is -0.787. The lowest BCUT2D eigenvalue weighted by Gasteiger charge is -2.33. The molecule has 2 fully saturated rings. The number of anilines is 1. The molecule has 53 heavy (non-hydrogen) atoms. The summed E-state index contributed by atoms with van der Waals surface area (Å²) in [6.45, 7) is 8.92. The smallest absolute Gasteiger partial charge is 0.320 e. The minimum Gasteiger partial charge on any atom is -0.480 e. The van der Waals surface area contributed by atoms with Crippen molar-refractivity contribution in [2.45, 2.75) is 90.4 Å². The Labute approximate surface area is 310 Å². The first kappa shape index (κ1) is 36.6. The molecule has 1 amide bonds. The summed E-state index contributed by atoms with van der Waals surface area (Å²) >= 11 is 0. The summed E-state index contributed by atoms with van der Waals surface area (Å²) < 4.78 is 17.9. The van der Waals surface area contributed by atoms with Gasteiger partial charge < -0.3 is 20.1 Å². The zero-order valence-electron chi connectivity index (χ0n) is 31.0. The van der Waals surface area contributed by atoms with E-state index in [2.05, 4.69) is 15.2 Å². The van der Waals surface area contributed by atoms with E-state index in [0.717, 1.165) is 95.5 Å². The summed E-state index contributed by atoms with van der Waals surface area (Å²) in [5.41, 5.74) is 9.29. The largest absolute Gasteiger partial charge is 0.480 e. The van der Waals surface area contributed by atoms with Crippen molar-refractivity contribution in [2.24, 2.45) is 7.05 Å². The number of pyridine rings is 1. The number of amides is 1. The van der Waals surface area contributed by atoms with Crippen molar-refractivity contribution in [1.29, 1.82) is 0 Å². The normalized spacial score (nSPS) is 18.8. The molecular weight excluding hydrogens is 671 g/mol. The second kappa shape index (κ2) is 15.3. The third kappa shape index (κ3) is 7.83. The van der Waals surface area contributed by atoms with Gasteiger partial charge >= 0.3 is 5.97 Å². The Balaban J connectivity index is 1.11. The van der Waals surface area contributed by atoms with Gasteiger partial charge in [0, 0.05) is 57.2 Å². The number of carboxylic acids is 1. The Hall–Kier alpha value is -4.71. The van der Waals surface area contributed by atoms with E-state index in [9.17, 15) is 19.8 Å². The van der Waals surface area contributed by atoms with Gasteiger partial charge in [-0.05, 0) is 116 Å². The van der Waals surface area contributed by atoms with E-state index < -0.39 is 23.9 Å². The van der Waals surface area contributed by atoms with Crippen molar-refractivity contribution in [3.8, 4) is 11.1 Å². The number of carbonyl (C=O) groups excluding carboxylic acids is 1. The van der Waals surface area contributed by atoms with Gasteiger partial charge in [-0.3, -0.25) is 24.4 Å². The lowest BCUT2D eigenvalue weighted by molar-refractivity contribution is -0.144. The number of benzene rings is 2. The molecule has 278 valence electrons.